The maximum atomic E-state index is 12.7. The van der Waals surface area contributed by atoms with Crippen LogP contribution in [0.15, 0.2) is 29.2 Å². The second kappa shape index (κ2) is 9.44. The van der Waals surface area contributed by atoms with Crippen LogP contribution in [0.2, 0.25) is 5.02 Å². The number of hydrogen-bond donors (Lipinski definition) is 0. The van der Waals surface area contributed by atoms with Crippen LogP contribution in [0.5, 0.6) is 0 Å². The third-order valence-corrected chi connectivity index (χ3v) is 5.64. The Morgan fingerprint density at radius 2 is 1.38 bits per heavy atom. The van der Waals surface area contributed by atoms with Crippen LogP contribution in [0.1, 0.15) is 52.4 Å². The number of unbranched alkanes of at least 4 members (excludes halogenated alkanes) is 4. The van der Waals surface area contributed by atoms with Crippen molar-refractivity contribution >= 4 is 21.6 Å². The summed E-state index contributed by atoms with van der Waals surface area (Å²) in [6.45, 7) is 5.44. The third-order valence-electron chi connectivity index (χ3n) is 3.47. The van der Waals surface area contributed by atoms with Crippen molar-refractivity contribution in [3.63, 3.8) is 0 Å². The van der Waals surface area contributed by atoms with Crippen molar-refractivity contribution in [2.24, 2.45) is 0 Å². The molecule has 0 spiro atoms. The van der Waals surface area contributed by atoms with Gasteiger partial charge in [0.2, 0.25) is 10.0 Å². The monoisotopic (exact) mass is 331 g/mol. The van der Waals surface area contributed by atoms with Gasteiger partial charge < -0.3 is 0 Å². The molecule has 21 heavy (non-hydrogen) atoms. The molecule has 0 radical (unpaired) electrons. The van der Waals surface area contributed by atoms with Crippen molar-refractivity contribution in [1.29, 1.82) is 0 Å². The van der Waals surface area contributed by atoms with Gasteiger partial charge in [-0.25, -0.2) is 8.42 Å². The minimum atomic E-state index is -3.40. The van der Waals surface area contributed by atoms with Gasteiger partial charge in [0.05, 0.1) is 4.90 Å². The van der Waals surface area contributed by atoms with Gasteiger partial charge >= 0.3 is 0 Å². The van der Waals surface area contributed by atoms with E-state index in [9.17, 15) is 8.42 Å². The summed E-state index contributed by atoms with van der Waals surface area (Å²) in [4.78, 5) is 0.333. The minimum Gasteiger partial charge on any atom is -0.207 e. The zero-order chi connectivity index (χ0) is 15.7. The van der Waals surface area contributed by atoms with E-state index in [-0.39, 0.29) is 0 Å². The molecule has 1 aromatic rings. The first-order chi connectivity index (χ1) is 10.0. The predicted molar refractivity (Wildman–Crippen MR) is 89.3 cm³/mol. The zero-order valence-electron chi connectivity index (χ0n) is 13.0. The SMILES string of the molecule is CCCCCN(CCCCC)S(=O)(=O)c1ccc(Cl)cc1. The molecular formula is C16H26ClNO2S. The van der Waals surface area contributed by atoms with E-state index in [0.29, 0.717) is 23.0 Å². The van der Waals surface area contributed by atoms with Crippen molar-refractivity contribution < 1.29 is 8.42 Å². The van der Waals surface area contributed by atoms with Crippen LogP contribution in [-0.4, -0.2) is 25.8 Å². The molecule has 0 heterocycles. The quantitative estimate of drug-likeness (QED) is 0.582. The number of hydrogen-bond acceptors (Lipinski definition) is 2. The number of benzene rings is 1. The van der Waals surface area contributed by atoms with Gasteiger partial charge in [0.15, 0.2) is 0 Å². The second-order valence-corrected chi connectivity index (χ2v) is 7.65. The predicted octanol–water partition coefficient (Wildman–Crippen LogP) is 4.71. The first-order valence-corrected chi connectivity index (χ1v) is 9.60. The molecule has 0 saturated heterocycles. The zero-order valence-corrected chi connectivity index (χ0v) is 14.6. The molecule has 0 saturated carbocycles. The average Bonchev–Trinajstić information content (AvgIpc) is 2.46. The van der Waals surface area contributed by atoms with Crippen LogP contribution in [0.4, 0.5) is 0 Å². The Hall–Kier alpha value is -0.580. The van der Waals surface area contributed by atoms with Crippen molar-refractivity contribution in [2.75, 3.05) is 13.1 Å². The van der Waals surface area contributed by atoms with Gasteiger partial charge in [-0.15, -0.1) is 0 Å². The number of rotatable bonds is 10. The molecule has 0 aliphatic heterocycles. The maximum Gasteiger partial charge on any atom is 0.243 e. The Labute approximate surface area is 134 Å². The van der Waals surface area contributed by atoms with Gasteiger partial charge in [0, 0.05) is 18.1 Å². The van der Waals surface area contributed by atoms with E-state index in [1.54, 1.807) is 28.6 Å². The first kappa shape index (κ1) is 18.5. The lowest BCUT2D eigenvalue weighted by Gasteiger charge is -2.22. The standard InChI is InChI=1S/C16H26ClNO2S/c1-3-5-7-13-18(14-8-6-4-2)21(19,20)16-11-9-15(17)10-12-16/h9-12H,3-8,13-14H2,1-2H3. The largest absolute Gasteiger partial charge is 0.243 e. The van der Waals surface area contributed by atoms with Gasteiger partial charge in [-0.1, -0.05) is 51.1 Å². The number of halogens is 1. The van der Waals surface area contributed by atoms with Crippen molar-refractivity contribution in [1.82, 2.24) is 4.31 Å². The molecule has 0 amide bonds. The average molecular weight is 332 g/mol. The number of nitrogens with zero attached hydrogens (tertiary/aromatic N) is 1. The van der Waals surface area contributed by atoms with Crippen LogP contribution in [0.3, 0.4) is 0 Å². The molecular weight excluding hydrogens is 306 g/mol. The summed E-state index contributed by atoms with van der Waals surface area (Å²) >= 11 is 5.84. The van der Waals surface area contributed by atoms with Crippen LogP contribution in [0.25, 0.3) is 0 Å². The van der Waals surface area contributed by atoms with E-state index in [0.717, 1.165) is 38.5 Å². The molecule has 0 fully saturated rings. The number of sulfonamides is 1. The molecule has 0 atom stereocenters. The van der Waals surface area contributed by atoms with Crippen molar-refractivity contribution in [3.05, 3.63) is 29.3 Å². The smallest absolute Gasteiger partial charge is 0.207 e. The van der Waals surface area contributed by atoms with Crippen LogP contribution in [-0.2, 0) is 10.0 Å². The summed E-state index contributed by atoms with van der Waals surface area (Å²) in [5.41, 5.74) is 0. The summed E-state index contributed by atoms with van der Waals surface area (Å²) in [5.74, 6) is 0. The molecule has 0 N–H and O–H groups in total. The molecule has 3 nitrogen and oxygen atoms in total. The normalized spacial score (nSPS) is 12.0. The highest BCUT2D eigenvalue weighted by molar-refractivity contribution is 7.89. The van der Waals surface area contributed by atoms with E-state index in [1.165, 1.54) is 0 Å². The molecule has 1 aromatic carbocycles. The molecule has 0 aromatic heterocycles. The fourth-order valence-corrected chi connectivity index (χ4v) is 3.83. The molecule has 120 valence electrons. The van der Waals surface area contributed by atoms with E-state index in [1.807, 2.05) is 0 Å². The van der Waals surface area contributed by atoms with Crippen LogP contribution in [0, 0.1) is 0 Å². The van der Waals surface area contributed by atoms with Gasteiger partial charge in [-0.05, 0) is 37.1 Å². The Bertz CT molecular complexity index is 490. The van der Waals surface area contributed by atoms with Crippen molar-refractivity contribution in [2.45, 2.75) is 57.3 Å². The minimum absolute atomic E-state index is 0.333. The van der Waals surface area contributed by atoms with Crippen LogP contribution < -0.4 is 0 Å². The first-order valence-electron chi connectivity index (χ1n) is 7.78. The molecule has 0 aliphatic rings. The van der Waals surface area contributed by atoms with E-state index >= 15 is 0 Å². The molecule has 0 bridgehead atoms. The summed E-state index contributed by atoms with van der Waals surface area (Å²) in [6, 6.07) is 6.43. The lowest BCUT2D eigenvalue weighted by atomic mass is 10.2. The Balaban J connectivity index is 2.84. The van der Waals surface area contributed by atoms with Gasteiger partial charge in [-0.3, -0.25) is 0 Å². The Morgan fingerprint density at radius 3 is 1.81 bits per heavy atom. The highest BCUT2D eigenvalue weighted by Gasteiger charge is 2.23. The topological polar surface area (TPSA) is 37.4 Å². The summed E-state index contributed by atoms with van der Waals surface area (Å²) in [7, 11) is -3.40. The summed E-state index contributed by atoms with van der Waals surface area (Å²) in [5, 5.41) is 0.553. The van der Waals surface area contributed by atoms with E-state index in [2.05, 4.69) is 13.8 Å². The third kappa shape index (κ3) is 5.97. The molecule has 0 unspecified atom stereocenters. The van der Waals surface area contributed by atoms with Crippen molar-refractivity contribution in [3.8, 4) is 0 Å². The van der Waals surface area contributed by atoms with Crippen LogP contribution >= 0.6 is 11.6 Å². The van der Waals surface area contributed by atoms with E-state index < -0.39 is 10.0 Å². The highest BCUT2D eigenvalue weighted by atomic mass is 35.5. The Kier molecular flexibility index (Phi) is 8.30. The lowest BCUT2D eigenvalue weighted by molar-refractivity contribution is 0.388. The summed E-state index contributed by atoms with van der Waals surface area (Å²) < 4.78 is 27.1. The lowest BCUT2D eigenvalue weighted by Crippen LogP contribution is -2.33. The summed E-state index contributed by atoms with van der Waals surface area (Å²) in [6.07, 6.45) is 6.11. The molecule has 1 rings (SSSR count). The van der Waals surface area contributed by atoms with Gasteiger partial charge in [0.1, 0.15) is 0 Å². The maximum absolute atomic E-state index is 12.7. The van der Waals surface area contributed by atoms with Gasteiger partial charge in [0.25, 0.3) is 0 Å². The fourth-order valence-electron chi connectivity index (χ4n) is 2.18. The van der Waals surface area contributed by atoms with E-state index in [4.69, 9.17) is 11.6 Å². The second-order valence-electron chi connectivity index (χ2n) is 5.27. The fraction of sp³-hybridized carbons (Fsp3) is 0.625. The van der Waals surface area contributed by atoms with Gasteiger partial charge in [-0.2, -0.15) is 4.31 Å². The Morgan fingerprint density at radius 1 is 0.905 bits per heavy atom. The molecule has 5 heteroatoms. The molecule has 0 aliphatic carbocycles. The highest BCUT2D eigenvalue weighted by Crippen LogP contribution is 2.20.